The first-order chi connectivity index (χ1) is 15.7. The highest BCUT2D eigenvalue weighted by Gasteiger charge is 2.26. The van der Waals surface area contributed by atoms with Crippen LogP contribution in [0.1, 0.15) is 22.7 Å². The molecule has 3 aromatic carbocycles. The molecule has 0 atom stereocenters. The van der Waals surface area contributed by atoms with E-state index in [9.17, 15) is 8.78 Å². The molecule has 3 aromatic rings. The molecule has 1 heterocycles. The second-order valence-corrected chi connectivity index (χ2v) is 8.04. The Kier molecular flexibility index (Phi) is 7.59. The van der Waals surface area contributed by atoms with Crippen molar-refractivity contribution in [1.29, 1.82) is 0 Å². The van der Waals surface area contributed by atoms with Crippen molar-refractivity contribution >= 4 is 6.08 Å². The average molecular weight is 431 g/mol. The maximum absolute atomic E-state index is 13.5. The van der Waals surface area contributed by atoms with Gasteiger partial charge in [-0.3, -0.25) is 9.80 Å². The van der Waals surface area contributed by atoms with Crippen molar-refractivity contribution in [2.45, 2.75) is 6.04 Å². The Bertz CT molecular complexity index is 974. The number of halogens is 2. The smallest absolute Gasteiger partial charge is 0.123 e. The summed E-state index contributed by atoms with van der Waals surface area (Å²) in [6.45, 7) is 4.60. The monoisotopic (exact) mass is 430 g/mol. The quantitative estimate of drug-likeness (QED) is 0.428. The lowest BCUT2D eigenvalue weighted by molar-refractivity contribution is 0.117. The Balaban J connectivity index is 1.37. The van der Waals surface area contributed by atoms with E-state index < -0.39 is 0 Å². The lowest BCUT2D eigenvalue weighted by Gasteiger charge is -2.39. The highest BCUT2D eigenvalue weighted by atomic mass is 19.1. The van der Waals surface area contributed by atoms with Gasteiger partial charge in [-0.15, -0.1) is 0 Å². The topological polar surface area (TPSA) is 6.48 Å². The number of nitrogens with zero attached hydrogens (tertiary/aromatic N) is 2. The van der Waals surface area contributed by atoms with E-state index in [0.29, 0.717) is 0 Å². The molecule has 0 saturated carbocycles. The van der Waals surface area contributed by atoms with Crippen LogP contribution in [0.3, 0.4) is 0 Å². The highest BCUT2D eigenvalue weighted by molar-refractivity contribution is 5.50. The van der Waals surface area contributed by atoms with Gasteiger partial charge in [0.1, 0.15) is 11.6 Å². The maximum atomic E-state index is 13.5. The maximum Gasteiger partial charge on any atom is 0.123 e. The molecule has 0 spiro atoms. The second-order valence-electron chi connectivity index (χ2n) is 8.04. The molecule has 0 aromatic heterocycles. The van der Waals surface area contributed by atoms with Crippen molar-refractivity contribution in [2.75, 3.05) is 32.7 Å². The molecule has 32 heavy (non-hydrogen) atoms. The van der Waals surface area contributed by atoms with Gasteiger partial charge in [0, 0.05) is 32.7 Å². The number of benzene rings is 3. The molecule has 2 nitrogen and oxygen atoms in total. The van der Waals surface area contributed by atoms with Gasteiger partial charge in [-0.2, -0.15) is 0 Å². The van der Waals surface area contributed by atoms with Crippen LogP contribution in [0.15, 0.2) is 97.1 Å². The van der Waals surface area contributed by atoms with Gasteiger partial charge in [0.05, 0.1) is 6.04 Å². The number of piperazine rings is 1. The van der Waals surface area contributed by atoms with Crippen molar-refractivity contribution in [2.24, 2.45) is 0 Å². The van der Waals surface area contributed by atoms with Crippen molar-refractivity contribution in [3.63, 3.8) is 0 Å². The number of allylic oxidation sites excluding steroid dienone is 2. The summed E-state index contributed by atoms with van der Waals surface area (Å²) in [5.41, 5.74) is 3.24. The van der Waals surface area contributed by atoms with E-state index in [1.54, 1.807) is 0 Å². The third-order valence-electron chi connectivity index (χ3n) is 5.84. The zero-order valence-electron chi connectivity index (χ0n) is 18.1. The van der Waals surface area contributed by atoms with Crippen molar-refractivity contribution in [3.05, 3.63) is 125 Å². The van der Waals surface area contributed by atoms with Crippen LogP contribution in [0.2, 0.25) is 0 Å². The van der Waals surface area contributed by atoms with Crippen LogP contribution in [-0.4, -0.2) is 42.5 Å². The second kappa shape index (κ2) is 11.0. The molecule has 164 valence electrons. The third kappa shape index (κ3) is 6.00. The average Bonchev–Trinajstić information content (AvgIpc) is 2.83. The summed E-state index contributed by atoms with van der Waals surface area (Å²) < 4.78 is 27.0. The molecule has 0 N–H and O–H groups in total. The van der Waals surface area contributed by atoms with Crippen LogP contribution in [0.5, 0.6) is 0 Å². The number of hydrogen-bond acceptors (Lipinski definition) is 2. The summed E-state index contributed by atoms with van der Waals surface area (Å²) in [5, 5.41) is 0. The van der Waals surface area contributed by atoms with Crippen LogP contribution in [0.4, 0.5) is 8.78 Å². The van der Waals surface area contributed by atoms with E-state index in [1.165, 1.54) is 29.8 Å². The first kappa shape index (κ1) is 22.1. The molecular formula is C28H28F2N2. The van der Waals surface area contributed by atoms with E-state index in [-0.39, 0.29) is 17.7 Å². The Labute approximate surface area is 189 Å². The fourth-order valence-corrected chi connectivity index (χ4v) is 4.13. The Hall–Kier alpha value is -3.08. The summed E-state index contributed by atoms with van der Waals surface area (Å²) in [5.74, 6) is -0.492. The molecule has 1 fully saturated rings. The lowest BCUT2D eigenvalue weighted by atomic mass is 9.96. The van der Waals surface area contributed by atoms with Gasteiger partial charge >= 0.3 is 0 Å². The minimum atomic E-state index is -0.246. The first-order valence-electron chi connectivity index (χ1n) is 11.0. The van der Waals surface area contributed by atoms with Gasteiger partial charge < -0.3 is 0 Å². The van der Waals surface area contributed by atoms with Crippen molar-refractivity contribution in [3.8, 4) is 0 Å². The summed E-state index contributed by atoms with van der Waals surface area (Å²) in [6, 6.07) is 23.6. The largest absolute Gasteiger partial charge is 0.297 e. The molecule has 0 unspecified atom stereocenters. The molecule has 4 heteroatoms. The predicted molar refractivity (Wildman–Crippen MR) is 127 cm³/mol. The molecule has 0 aliphatic carbocycles. The molecule has 0 bridgehead atoms. The number of rotatable bonds is 7. The van der Waals surface area contributed by atoms with E-state index in [1.807, 2.05) is 42.5 Å². The van der Waals surface area contributed by atoms with Crippen LogP contribution in [-0.2, 0) is 0 Å². The fourth-order valence-electron chi connectivity index (χ4n) is 4.13. The lowest BCUT2D eigenvalue weighted by Crippen LogP contribution is -2.47. The number of hydrogen-bond donors (Lipinski definition) is 0. The molecule has 1 aliphatic heterocycles. The zero-order chi connectivity index (χ0) is 22.2. The van der Waals surface area contributed by atoms with Crippen LogP contribution in [0.25, 0.3) is 6.08 Å². The van der Waals surface area contributed by atoms with E-state index >= 15 is 0 Å². The Morgan fingerprint density at radius 1 is 0.688 bits per heavy atom. The summed E-state index contributed by atoms with van der Waals surface area (Å²) in [7, 11) is 0. The van der Waals surface area contributed by atoms with Crippen LogP contribution >= 0.6 is 0 Å². The van der Waals surface area contributed by atoms with Crippen LogP contribution < -0.4 is 0 Å². The van der Waals surface area contributed by atoms with E-state index in [2.05, 4.69) is 46.2 Å². The highest BCUT2D eigenvalue weighted by Crippen LogP contribution is 2.30. The van der Waals surface area contributed by atoms with E-state index in [0.717, 1.165) is 43.9 Å². The minimum absolute atomic E-state index is 0.0114. The van der Waals surface area contributed by atoms with Crippen molar-refractivity contribution in [1.82, 2.24) is 9.80 Å². The summed E-state index contributed by atoms with van der Waals surface area (Å²) >= 11 is 0. The van der Waals surface area contributed by atoms with Gasteiger partial charge in [0.2, 0.25) is 0 Å². The Morgan fingerprint density at radius 2 is 1.25 bits per heavy atom. The van der Waals surface area contributed by atoms with Crippen molar-refractivity contribution < 1.29 is 8.78 Å². The molecule has 1 saturated heterocycles. The van der Waals surface area contributed by atoms with Crippen LogP contribution in [0, 0.1) is 11.6 Å². The standard InChI is InChI=1S/C28H28F2N2/c29-26-14-10-24(11-15-26)28(25-12-16-27(30)17-13-25)32-21-19-31(20-22-32)18-6-2-5-9-23-7-3-1-4-8-23/h1-17,28H,18-22H2/b6-2+,9-5+. The van der Waals surface area contributed by atoms with E-state index in [4.69, 9.17) is 0 Å². The summed E-state index contributed by atoms with van der Waals surface area (Å²) in [4.78, 5) is 4.83. The molecule has 1 aliphatic rings. The molecular weight excluding hydrogens is 402 g/mol. The summed E-state index contributed by atoms with van der Waals surface area (Å²) in [6.07, 6.45) is 8.46. The molecule has 0 amide bonds. The normalized spacial score (nSPS) is 15.8. The zero-order valence-corrected chi connectivity index (χ0v) is 18.1. The fraction of sp³-hybridized carbons (Fsp3) is 0.214. The first-order valence-corrected chi connectivity index (χ1v) is 11.0. The SMILES string of the molecule is Fc1ccc(C(c2ccc(F)cc2)N2CCN(C/C=C/C=C/c3ccccc3)CC2)cc1. The molecule has 4 rings (SSSR count). The minimum Gasteiger partial charge on any atom is -0.297 e. The van der Waals surface area contributed by atoms with Gasteiger partial charge in [-0.25, -0.2) is 8.78 Å². The molecule has 0 radical (unpaired) electrons. The van der Waals surface area contributed by atoms with Gasteiger partial charge in [-0.05, 0) is 41.0 Å². The third-order valence-corrected chi connectivity index (χ3v) is 5.84. The van der Waals surface area contributed by atoms with Gasteiger partial charge in [-0.1, -0.05) is 78.9 Å². The predicted octanol–water partition coefficient (Wildman–Crippen LogP) is 5.94. The van der Waals surface area contributed by atoms with Gasteiger partial charge in [0.15, 0.2) is 0 Å². The van der Waals surface area contributed by atoms with Gasteiger partial charge in [0.25, 0.3) is 0 Å². The Morgan fingerprint density at radius 3 is 1.81 bits per heavy atom.